The second-order valence-electron chi connectivity index (χ2n) is 3.39. The maximum Gasteiger partial charge on any atom is 0.150 e. The molecule has 0 heterocycles. The highest BCUT2D eigenvalue weighted by atomic mass is 32.2. The molecule has 0 aliphatic carbocycles. The van der Waals surface area contributed by atoms with Crippen molar-refractivity contribution in [3.05, 3.63) is 54.1 Å². The van der Waals surface area contributed by atoms with Crippen LogP contribution in [0.1, 0.15) is 10.4 Å². The van der Waals surface area contributed by atoms with Gasteiger partial charge in [0.15, 0.2) is 6.29 Å². The van der Waals surface area contributed by atoms with Crippen LogP contribution in [-0.4, -0.2) is 6.29 Å². The summed E-state index contributed by atoms with van der Waals surface area (Å²) < 4.78 is 0. The predicted molar refractivity (Wildman–Crippen MR) is 68.7 cm³/mol. The van der Waals surface area contributed by atoms with Crippen LogP contribution in [0.15, 0.2) is 53.4 Å². The Balaban J connectivity index is 2.60. The number of nitriles is 1. The van der Waals surface area contributed by atoms with E-state index in [2.05, 4.69) is 5.40 Å². The zero-order chi connectivity index (χ0) is 12.1. The molecule has 0 aliphatic heterocycles. The van der Waals surface area contributed by atoms with Gasteiger partial charge < -0.3 is 0 Å². The molecule has 17 heavy (non-hydrogen) atoms. The summed E-state index contributed by atoms with van der Waals surface area (Å²) in [7, 11) is 0. The number of carbonyl (C=O) groups excluding carboxylic acids is 1. The van der Waals surface area contributed by atoms with Gasteiger partial charge in [-0.2, -0.15) is 5.26 Å². The molecule has 0 spiro atoms. The Bertz CT molecular complexity index is 587. The quantitative estimate of drug-likeness (QED) is 0.465. The first-order valence-electron chi connectivity index (χ1n) is 5.06. The third-order valence-corrected chi connectivity index (χ3v) is 3.09. The summed E-state index contributed by atoms with van der Waals surface area (Å²) in [6.45, 7) is 0. The van der Waals surface area contributed by atoms with E-state index < -0.39 is 0 Å². The van der Waals surface area contributed by atoms with Crippen molar-refractivity contribution >= 4 is 18.0 Å². The lowest BCUT2D eigenvalue weighted by atomic mass is 10.0. The van der Waals surface area contributed by atoms with Gasteiger partial charge >= 0.3 is 0 Å². The van der Waals surface area contributed by atoms with Gasteiger partial charge in [0.05, 0.1) is 0 Å². The van der Waals surface area contributed by atoms with Crippen molar-refractivity contribution in [2.24, 2.45) is 0 Å². The van der Waals surface area contributed by atoms with Crippen molar-refractivity contribution in [1.29, 1.82) is 5.26 Å². The van der Waals surface area contributed by atoms with Crippen molar-refractivity contribution in [3.8, 4) is 16.5 Å². The fraction of sp³-hybridized carbons (Fsp3) is 0. The van der Waals surface area contributed by atoms with Crippen LogP contribution in [0.2, 0.25) is 0 Å². The van der Waals surface area contributed by atoms with E-state index in [9.17, 15) is 4.79 Å². The van der Waals surface area contributed by atoms with Gasteiger partial charge in [-0.15, -0.1) is 0 Å². The number of hydrogen-bond acceptors (Lipinski definition) is 3. The average Bonchev–Trinajstić information content (AvgIpc) is 2.40. The van der Waals surface area contributed by atoms with Gasteiger partial charge in [-0.1, -0.05) is 42.5 Å². The van der Waals surface area contributed by atoms with E-state index in [-0.39, 0.29) is 0 Å². The van der Waals surface area contributed by atoms with Crippen LogP contribution in [0.25, 0.3) is 11.1 Å². The summed E-state index contributed by atoms with van der Waals surface area (Å²) in [5.41, 5.74) is 2.42. The van der Waals surface area contributed by atoms with Gasteiger partial charge in [0.2, 0.25) is 0 Å². The molecule has 0 amide bonds. The molecule has 0 fully saturated rings. The maximum atomic E-state index is 11.0. The predicted octanol–water partition coefficient (Wildman–Crippen LogP) is 3.74. The summed E-state index contributed by atoms with van der Waals surface area (Å²) in [6, 6.07) is 15.0. The number of rotatable bonds is 3. The van der Waals surface area contributed by atoms with Crippen molar-refractivity contribution < 1.29 is 4.79 Å². The molecular weight excluding hydrogens is 230 g/mol. The largest absolute Gasteiger partial charge is 0.298 e. The normalized spacial score (nSPS) is 9.59. The van der Waals surface area contributed by atoms with Crippen molar-refractivity contribution in [2.75, 3.05) is 0 Å². The van der Waals surface area contributed by atoms with E-state index in [1.54, 1.807) is 6.07 Å². The van der Waals surface area contributed by atoms with Crippen LogP contribution >= 0.6 is 11.8 Å². The van der Waals surface area contributed by atoms with Gasteiger partial charge in [0.25, 0.3) is 0 Å². The second-order valence-corrected chi connectivity index (χ2v) is 4.22. The first-order valence-corrected chi connectivity index (χ1v) is 5.88. The highest BCUT2D eigenvalue weighted by molar-refractivity contribution is 8.03. The first-order chi connectivity index (χ1) is 8.36. The highest BCUT2D eigenvalue weighted by Crippen LogP contribution is 2.32. The van der Waals surface area contributed by atoms with E-state index >= 15 is 0 Å². The monoisotopic (exact) mass is 239 g/mol. The number of thioether (sulfide) groups is 1. The van der Waals surface area contributed by atoms with E-state index in [0.717, 1.165) is 34.1 Å². The first kappa shape index (κ1) is 11.4. The summed E-state index contributed by atoms with van der Waals surface area (Å²) in [5, 5.41) is 10.8. The van der Waals surface area contributed by atoms with Gasteiger partial charge in [-0.3, -0.25) is 4.79 Å². The number of benzene rings is 2. The number of carbonyl (C=O) groups is 1. The standard InChI is InChI=1S/C14H9NOS/c15-10-17-14-8-4-3-7-13(14)12-6-2-1-5-11(12)9-16/h1-9H. The third-order valence-electron chi connectivity index (χ3n) is 2.42. The molecule has 82 valence electrons. The van der Waals surface area contributed by atoms with Gasteiger partial charge in [0, 0.05) is 10.5 Å². The minimum Gasteiger partial charge on any atom is -0.298 e. The Hall–Kier alpha value is -2.05. The van der Waals surface area contributed by atoms with Crippen molar-refractivity contribution in [1.82, 2.24) is 0 Å². The van der Waals surface area contributed by atoms with Crippen LogP contribution in [-0.2, 0) is 0 Å². The Morgan fingerprint density at radius 1 is 1.00 bits per heavy atom. The van der Waals surface area contributed by atoms with E-state index in [4.69, 9.17) is 5.26 Å². The summed E-state index contributed by atoms with van der Waals surface area (Å²) >= 11 is 1.11. The molecule has 0 aromatic heterocycles. The summed E-state index contributed by atoms with van der Waals surface area (Å²) in [6.07, 6.45) is 0.836. The zero-order valence-electron chi connectivity index (χ0n) is 8.96. The number of thiocyanates is 1. The Labute approximate surface area is 104 Å². The molecule has 2 aromatic rings. The molecule has 0 atom stereocenters. The van der Waals surface area contributed by atoms with Crippen LogP contribution in [0.3, 0.4) is 0 Å². The van der Waals surface area contributed by atoms with Crippen LogP contribution in [0.5, 0.6) is 0 Å². The highest BCUT2D eigenvalue weighted by Gasteiger charge is 2.08. The smallest absolute Gasteiger partial charge is 0.150 e. The van der Waals surface area contributed by atoms with Crippen molar-refractivity contribution in [3.63, 3.8) is 0 Å². The fourth-order valence-corrected chi connectivity index (χ4v) is 2.21. The molecule has 0 bridgehead atoms. The number of nitrogens with zero attached hydrogens (tertiary/aromatic N) is 1. The van der Waals surface area contributed by atoms with Gasteiger partial charge in [-0.25, -0.2) is 0 Å². The Kier molecular flexibility index (Phi) is 3.59. The van der Waals surface area contributed by atoms with Crippen LogP contribution < -0.4 is 0 Å². The van der Waals surface area contributed by atoms with Crippen molar-refractivity contribution in [2.45, 2.75) is 4.90 Å². The zero-order valence-corrected chi connectivity index (χ0v) is 9.78. The molecule has 0 saturated heterocycles. The molecule has 2 nitrogen and oxygen atoms in total. The average molecular weight is 239 g/mol. The number of aldehydes is 1. The summed E-state index contributed by atoms with van der Waals surface area (Å²) in [5.74, 6) is 0. The molecule has 2 aromatic carbocycles. The lowest BCUT2D eigenvalue weighted by Crippen LogP contribution is -1.88. The molecule has 0 unspecified atom stereocenters. The Morgan fingerprint density at radius 2 is 1.65 bits per heavy atom. The molecule has 0 N–H and O–H groups in total. The molecule has 2 rings (SSSR count). The van der Waals surface area contributed by atoms with E-state index in [1.165, 1.54) is 0 Å². The molecule has 0 radical (unpaired) electrons. The van der Waals surface area contributed by atoms with E-state index in [0.29, 0.717) is 5.56 Å². The van der Waals surface area contributed by atoms with Gasteiger partial charge in [0.1, 0.15) is 5.40 Å². The minimum atomic E-state index is 0.637. The topological polar surface area (TPSA) is 40.9 Å². The van der Waals surface area contributed by atoms with Crippen LogP contribution in [0.4, 0.5) is 0 Å². The molecule has 0 saturated carbocycles. The second kappa shape index (κ2) is 5.33. The van der Waals surface area contributed by atoms with Crippen LogP contribution in [0, 0.1) is 10.7 Å². The summed E-state index contributed by atoms with van der Waals surface area (Å²) in [4.78, 5) is 11.9. The Morgan fingerprint density at radius 3 is 2.35 bits per heavy atom. The molecule has 3 heteroatoms. The third kappa shape index (κ3) is 2.38. The lowest BCUT2D eigenvalue weighted by Gasteiger charge is -2.08. The van der Waals surface area contributed by atoms with Gasteiger partial charge in [-0.05, 0) is 29.0 Å². The number of hydrogen-bond donors (Lipinski definition) is 0. The lowest BCUT2D eigenvalue weighted by molar-refractivity contribution is 0.112. The minimum absolute atomic E-state index is 0.637. The SMILES string of the molecule is N#CSc1ccccc1-c1ccccc1C=O. The van der Waals surface area contributed by atoms with E-state index in [1.807, 2.05) is 42.5 Å². The maximum absolute atomic E-state index is 11.0. The molecule has 0 aliphatic rings. The molecular formula is C14H9NOS. The fourth-order valence-electron chi connectivity index (χ4n) is 1.67.